The van der Waals surface area contributed by atoms with Crippen molar-refractivity contribution >= 4 is 15.8 Å². The highest BCUT2D eigenvalue weighted by Gasteiger charge is 2.22. The smallest absolute Gasteiger partial charge is 0.245 e. The number of nitrogens with two attached hydrogens (primary N) is 1. The maximum atomic E-state index is 12.2. The van der Waals surface area contributed by atoms with Gasteiger partial charge in [0.05, 0.1) is 0 Å². The normalized spacial score (nSPS) is 11.4. The molecule has 2 N–H and O–H groups in total. The molecule has 0 unspecified atom stereocenters. The van der Waals surface area contributed by atoms with Gasteiger partial charge in [-0.05, 0) is 12.1 Å². The fraction of sp³-hybridized carbons (Fsp3) is 0.182. The summed E-state index contributed by atoms with van der Waals surface area (Å²) in [5, 5.41) is 0. The monoisotopic (exact) mass is 253 g/mol. The Labute approximate surface area is 101 Å². The van der Waals surface area contributed by atoms with Gasteiger partial charge in [0.25, 0.3) is 0 Å². The van der Waals surface area contributed by atoms with E-state index in [0.717, 1.165) is 0 Å². The van der Waals surface area contributed by atoms with E-state index in [2.05, 4.69) is 18.1 Å². The van der Waals surface area contributed by atoms with Crippen molar-refractivity contribution in [3.8, 4) is 0 Å². The van der Waals surface area contributed by atoms with Crippen molar-refractivity contribution in [3.63, 3.8) is 0 Å². The molecule has 0 aliphatic heterocycles. The molecule has 0 spiro atoms. The Morgan fingerprint density at radius 1 is 1.29 bits per heavy atom. The van der Waals surface area contributed by atoms with Gasteiger partial charge in [0.1, 0.15) is 10.7 Å². The molecule has 1 aromatic rings. The van der Waals surface area contributed by atoms with Gasteiger partial charge in [-0.1, -0.05) is 12.2 Å². The molecule has 0 bridgehead atoms. The summed E-state index contributed by atoms with van der Waals surface area (Å²) < 4.78 is 25.6. The van der Waals surface area contributed by atoms with Crippen LogP contribution in [-0.2, 0) is 10.0 Å². The van der Waals surface area contributed by atoms with E-state index in [4.69, 9.17) is 5.73 Å². The number of hydrogen-bond donors (Lipinski definition) is 1. The Morgan fingerprint density at radius 3 is 2.29 bits per heavy atom. The van der Waals surface area contributed by atoms with E-state index in [-0.39, 0.29) is 23.8 Å². The van der Waals surface area contributed by atoms with Crippen LogP contribution in [0.5, 0.6) is 0 Å². The van der Waals surface area contributed by atoms with Crippen LogP contribution >= 0.6 is 0 Å². The first-order valence-electron chi connectivity index (χ1n) is 4.96. The number of hydrogen-bond acceptors (Lipinski definition) is 4. The predicted molar refractivity (Wildman–Crippen MR) is 67.8 cm³/mol. The van der Waals surface area contributed by atoms with Crippen LogP contribution in [-0.4, -0.2) is 30.8 Å². The Bertz CT molecular complexity index is 484. The average Bonchev–Trinajstić information content (AvgIpc) is 2.29. The molecule has 0 fully saturated rings. The highest BCUT2D eigenvalue weighted by Crippen LogP contribution is 2.15. The summed E-state index contributed by atoms with van der Waals surface area (Å²) in [5.74, 6) is 0.281. The van der Waals surface area contributed by atoms with Gasteiger partial charge in [0.2, 0.25) is 10.0 Å². The van der Waals surface area contributed by atoms with Crippen LogP contribution in [0.1, 0.15) is 0 Å². The van der Waals surface area contributed by atoms with Gasteiger partial charge in [-0.2, -0.15) is 4.31 Å². The first-order valence-corrected chi connectivity index (χ1v) is 6.40. The van der Waals surface area contributed by atoms with E-state index in [1.807, 2.05) is 0 Å². The minimum Gasteiger partial charge on any atom is -0.384 e. The summed E-state index contributed by atoms with van der Waals surface area (Å²) in [5.41, 5.74) is 5.41. The third-order valence-corrected chi connectivity index (χ3v) is 3.88. The minimum atomic E-state index is -3.57. The number of sulfonamides is 1. The number of nitrogen functional groups attached to an aromatic ring is 1. The number of nitrogens with zero attached hydrogens (tertiary/aromatic N) is 2. The highest BCUT2D eigenvalue weighted by atomic mass is 32.2. The molecule has 1 heterocycles. The maximum absolute atomic E-state index is 12.2. The van der Waals surface area contributed by atoms with Gasteiger partial charge < -0.3 is 5.73 Å². The van der Waals surface area contributed by atoms with Crippen molar-refractivity contribution in [2.24, 2.45) is 0 Å². The van der Waals surface area contributed by atoms with Gasteiger partial charge in [-0.25, -0.2) is 13.4 Å². The molecule has 0 saturated carbocycles. The second-order valence-electron chi connectivity index (χ2n) is 3.32. The second kappa shape index (κ2) is 5.60. The number of aromatic nitrogens is 1. The van der Waals surface area contributed by atoms with E-state index >= 15 is 0 Å². The Morgan fingerprint density at radius 2 is 1.88 bits per heavy atom. The Hall–Kier alpha value is -1.66. The van der Waals surface area contributed by atoms with Gasteiger partial charge >= 0.3 is 0 Å². The number of pyridine rings is 1. The van der Waals surface area contributed by atoms with Crippen LogP contribution in [0, 0.1) is 0 Å². The lowest BCUT2D eigenvalue weighted by atomic mass is 10.5. The molecule has 92 valence electrons. The van der Waals surface area contributed by atoms with Crippen molar-refractivity contribution in [2.45, 2.75) is 4.90 Å². The number of rotatable bonds is 6. The molecule has 0 aliphatic rings. The van der Waals surface area contributed by atoms with Crippen LogP contribution in [0.3, 0.4) is 0 Å². The van der Waals surface area contributed by atoms with Gasteiger partial charge in [0, 0.05) is 19.3 Å². The molecular weight excluding hydrogens is 238 g/mol. The zero-order chi connectivity index (χ0) is 12.9. The Balaban J connectivity index is 3.10. The summed E-state index contributed by atoms with van der Waals surface area (Å²) in [7, 11) is -3.57. The third-order valence-electron chi connectivity index (χ3n) is 2.06. The van der Waals surface area contributed by atoms with E-state index in [0.29, 0.717) is 0 Å². The highest BCUT2D eigenvalue weighted by molar-refractivity contribution is 7.89. The molecule has 0 radical (unpaired) electrons. The first-order chi connectivity index (χ1) is 8.02. The van der Waals surface area contributed by atoms with Crippen molar-refractivity contribution in [1.29, 1.82) is 0 Å². The van der Waals surface area contributed by atoms with E-state index in [9.17, 15) is 8.42 Å². The largest absolute Gasteiger partial charge is 0.384 e. The predicted octanol–water partition coefficient (Wildman–Crippen LogP) is 1.03. The van der Waals surface area contributed by atoms with Crippen LogP contribution in [0.25, 0.3) is 0 Å². The molecule has 1 aromatic heterocycles. The molecule has 1 rings (SSSR count). The SMILES string of the molecule is C=CCN(CC=C)S(=O)(=O)c1ccc(N)nc1. The number of anilines is 1. The van der Waals surface area contributed by atoms with Gasteiger partial charge in [0.15, 0.2) is 0 Å². The lowest BCUT2D eigenvalue weighted by Gasteiger charge is -2.18. The van der Waals surface area contributed by atoms with Gasteiger partial charge in [-0.15, -0.1) is 13.2 Å². The lowest BCUT2D eigenvalue weighted by molar-refractivity contribution is 0.474. The summed E-state index contributed by atoms with van der Waals surface area (Å²) in [6, 6.07) is 2.88. The second-order valence-corrected chi connectivity index (χ2v) is 5.26. The molecule has 0 amide bonds. The summed E-state index contributed by atoms with van der Waals surface area (Å²) in [4.78, 5) is 3.88. The first kappa shape index (κ1) is 13.4. The fourth-order valence-electron chi connectivity index (χ4n) is 1.25. The van der Waals surface area contributed by atoms with Gasteiger partial charge in [-0.3, -0.25) is 0 Å². The summed E-state index contributed by atoms with van der Waals surface area (Å²) >= 11 is 0. The van der Waals surface area contributed by atoms with Crippen molar-refractivity contribution in [2.75, 3.05) is 18.8 Å². The van der Waals surface area contributed by atoms with Crippen molar-refractivity contribution in [1.82, 2.24) is 9.29 Å². The maximum Gasteiger partial charge on any atom is 0.245 e. The molecule has 5 nitrogen and oxygen atoms in total. The van der Waals surface area contributed by atoms with E-state index < -0.39 is 10.0 Å². The topological polar surface area (TPSA) is 76.3 Å². The van der Waals surface area contributed by atoms with E-state index in [1.165, 1.54) is 34.8 Å². The Kier molecular flexibility index (Phi) is 4.42. The van der Waals surface area contributed by atoms with Crippen molar-refractivity contribution in [3.05, 3.63) is 43.6 Å². The zero-order valence-electron chi connectivity index (χ0n) is 9.41. The van der Waals surface area contributed by atoms with Crippen LogP contribution < -0.4 is 5.73 Å². The summed E-state index contributed by atoms with van der Waals surface area (Å²) in [6.07, 6.45) is 4.28. The standard InChI is InChI=1S/C11H15N3O2S/c1-3-7-14(8-4-2)17(15,16)10-5-6-11(12)13-9-10/h3-6,9H,1-2,7-8H2,(H2,12,13). The molecule has 6 heteroatoms. The quantitative estimate of drug-likeness (QED) is 0.768. The average molecular weight is 253 g/mol. The van der Waals surface area contributed by atoms with E-state index in [1.54, 1.807) is 0 Å². The summed E-state index contributed by atoms with van der Waals surface area (Å²) in [6.45, 7) is 7.50. The third kappa shape index (κ3) is 3.15. The lowest BCUT2D eigenvalue weighted by Crippen LogP contribution is -2.31. The van der Waals surface area contributed by atoms with Crippen LogP contribution in [0.2, 0.25) is 0 Å². The zero-order valence-corrected chi connectivity index (χ0v) is 10.2. The fourth-order valence-corrected chi connectivity index (χ4v) is 2.58. The molecule has 0 aromatic carbocycles. The molecule has 17 heavy (non-hydrogen) atoms. The van der Waals surface area contributed by atoms with Crippen molar-refractivity contribution < 1.29 is 8.42 Å². The van der Waals surface area contributed by atoms with Crippen LogP contribution in [0.15, 0.2) is 48.5 Å². The molecule has 0 atom stereocenters. The minimum absolute atomic E-state index is 0.107. The molecule has 0 saturated heterocycles. The molecule has 0 aliphatic carbocycles. The van der Waals surface area contributed by atoms with Crippen LogP contribution in [0.4, 0.5) is 5.82 Å². The molecular formula is C11H15N3O2S.